The summed E-state index contributed by atoms with van der Waals surface area (Å²) in [4.78, 5) is 0. The lowest BCUT2D eigenvalue weighted by molar-refractivity contribution is 0.0589. The van der Waals surface area contributed by atoms with Crippen molar-refractivity contribution in [2.45, 2.75) is 57.5 Å². The molecular formula is C22H28O. The van der Waals surface area contributed by atoms with Crippen molar-refractivity contribution >= 4 is 0 Å². The van der Waals surface area contributed by atoms with Crippen LogP contribution in [0.5, 0.6) is 0 Å². The van der Waals surface area contributed by atoms with Crippen molar-refractivity contribution in [2.24, 2.45) is 5.92 Å². The lowest BCUT2D eigenvalue weighted by atomic mass is 9.77. The highest BCUT2D eigenvalue weighted by molar-refractivity contribution is 5.63. The minimum absolute atomic E-state index is 0.192. The Morgan fingerprint density at radius 1 is 0.870 bits per heavy atom. The van der Waals surface area contributed by atoms with Gasteiger partial charge in [-0.3, -0.25) is 0 Å². The Bertz CT molecular complexity index is 581. The molecule has 122 valence electrons. The summed E-state index contributed by atoms with van der Waals surface area (Å²) in [5.41, 5.74) is 3.78. The molecule has 2 unspecified atom stereocenters. The molecule has 0 aliphatic heterocycles. The molecule has 0 saturated heterocycles. The summed E-state index contributed by atoms with van der Waals surface area (Å²) in [5, 5.41) is 10.9. The summed E-state index contributed by atoms with van der Waals surface area (Å²) in [6.07, 6.45) is 7.10. The van der Waals surface area contributed by atoms with Crippen molar-refractivity contribution in [3.05, 3.63) is 60.2 Å². The number of hydrogen-bond acceptors (Lipinski definition) is 1. The molecule has 2 aromatic rings. The van der Waals surface area contributed by atoms with Crippen molar-refractivity contribution in [1.82, 2.24) is 0 Å². The van der Waals surface area contributed by atoms with E-state index in [1.807, 2.05) is 6.07 Å². The first-order valence-electron chi connectivity index (χ1n) is 9.13. The Morgan fingerprint density at radius 2 is 1.48 bits per heavy atom. The van der Waals surface area contributed by atoms with E-state index in [1.54, 1.807) is 0 Å². The van der Waals surface area contributed by atoms with Gasteiger partial charge in [0.25, 0.3) is 0 Å². The zero-order valence-corrected chi connectivity index (χ0v) is 14.1. The Balaban J connectivity index is 1.76. The maximum atomic E-state index is 10.9. The summed E-state index contributed by atoms with van der Waals surface area (Å²) in [7, 11) is 0. The smallest absolute Gasteiger partial charge is 0.0636 e. The van der Waals surface area contributed by atoms with Crippen LogP contribution in [0.3, 0.4) is 0 Å². The lowest BCUT2D eigenvalue weighted by Crippen LogP contribution is -2.29. The third kappa shape index (κ3) is 3.84. The third-order valence-corrected chi connectivity index (χ3v) is 5.43. The molecule has 1 nitrogen and oxygen atoms in total. The van der Waals surface area contributed by atoms with Crippen LogP contribution in [-0.2, 0) is 0 Å². The zero-order valence-electron chi connectivity index (χ0n) is 14.1. The maximum Gasteiger partial charge on any atom is 0.0636 e. The highest BCUT2D eigenvalue weighted by atomic mass is 16.3. The molecule has 2 atom stereocenters. The van der Waals surface area contributed by atoms with E-state index in [1.165, 1.54) is 48.8 Å². The van der Waals surface area contributed by atoms with E-state index in [-0.39, 0.29) is 12.0 Å². The average molecular weight is 308 g/mol. The zero-order chi connectivity index (χ0) is 16.1. The summed E-state index contributed by atoms with van der Waals surface area (Å²) < 4.78 is 0. The maximum absolute atomic E-state index is 10.9. The molecule has 0 bridgehead atoms. The van der Waals surface area contributed by atoms with E-state index in [9.17, 15) is 5.11 Å². The van der Waals surface area contributed by atoms with Gasteiger partial charge in [0.2, 0.25) is 0 Å². The SMILES string of the molecule is CCC(c1ccc(-c2ccccc2)cc1)C(O)C1CCCCC1. The molecule has 1 N–H and O–H groups in total. The van der Waals surface area contributed by atoms with Crippen LogP contribution in [0.4, 0.5) is 0 Å². The lowest BCUT2D eigenvalue weighted by Gasteiger charge is -2.32. The molecule has 0 radical (unpaired) electrons. The van der Waals surface area contributed by atoms with Gasteiger partial charge >= 0.3 is 0 Å². The molecule has 0 aromatic heterocycles. The van der Waals surface area contributed by atoms with Gasteiger partial charge in [0, 0.05) is 5.92 Å². The Labute approximate surface area is 140 Å². The molecular weight excluding hydrogens is 280 g/mol. The number of aliphatic hydroxyl groups is 1. The van der Waals surface area contributed by atoms with Crippen LogP contribution in [0.25, 0.3) is 11.1 Å². The van der Waals surface area contributed by atoms with Crippen LogP contribution in [-0.4, -0.2) is 11.2 Å². The molecule has 23 heavy (non-hydrogen) atoms. The largest absolute Gasteiger partial charge is 0.392 e. The van der Waals surface area contributed by atoms with Crippen LogP contribution in [0.2, 0.25) is 0 Å². The average Bonchev–Trinajstić information content (AvgIpc) is 2.64. The fourth-order valence-electron chi connectivity index (χ4n) is 4.03. The summed E-state index contributed by atoms with van der Waals surface area (Å²) in [6, 6.07) is 19.3. The van der Waals surface area contributed by atoms with Gasteiger partial charge in [0.05, 0.1) is 6.10 Å². The normalized spacial score (nSPS) is 18.5. The van der Waals surface area contributed by atoms with Crippen LogP contribution in [0.1, 0.15) is 56.9 Å². The number of rotatable bonds is 5. The molecule has 1 fully saturated rings. The topological polar surface area (TPSA) is 20.2 Å². The molecule has 0 heterocycles. The highest BCUT2D eigenvalue weighted by Gasteiger charge is 2.28. The number of hydrogen-bond donors (Lipinski definition) is 1. The van der Waals surface area contributed by atoms with Gasteiger partial charge in [-0.05, 0) is 41.9 Å². The van der Waals surface area contributed by atoms with Gasteiger partial charge in [-0.15, -0.1) is 0 Å². The van der Waals surface area contributed by atoms with Crippen molar-refractivity contribution < 1.29 is 5.11 Å². The minimum Gasteiger partial charge on any atom is -0.392 e. The van der Waals surface area contributed by atoms with E-state index >= 15 is 0 Å². The molecule has 1 saturated carbocycles. The molecule has 0 amide bonds. The molecule has 0 spiro atoms. The Kier molecular flexibility index (Phi) is 5.51. The monoisotopic (exact) mass is 308 g/mol. The van der Waals surface area contributed by atoms with Crippen molar-refractivity contribution in [1.29, 1.82) is 0 Å². The van der Waals surface area contributed by atoms with Crippen LogP contribution in [0.15, 0.2) is 54.6 Å². The van der Waals surface area contributed by atoms with Gasteiger partial charge in [0.1, 0.15) is 0 Å². The van der Waals surface area contributed by atoms with Gasteiger partial charge in [-0.25, -0.2) is 0 Å². The van der Waals surface area contributed by atoms with Gasteiger partial charge in [0.15, 0.2) is 0 Å². The third-order valence-electron chi connectivity index (χ3n) is 5.43. The van der Waals surface area contributed by atoms with E-state index in [0.29, 0.717) is 5.92 Å². The van der Waals surface area contributed by atoms with Crippen molar-refractivity contribution in [2.75, 3.05) is 0 Å². The quantitative estimate of drug-likeness (QED) is 0.741. The van der Waals surface area contributed by atoms with Crippen LogP contribution < -0.4 is 0 Å². The molecule has 2 aromatic carbocycles. The first kappa shape index (κ1) is 16.3. The number of aliphatic hydroxyl groups excluding tert-OH is 1. The van der Waals surface area contributed by atoms with Gasteiger partial charge < -0.3 is 5.11 Å². The second-order valence-electron chi connectivity index (χ2n) is 6.89. The predicted molar refractivity (Wildman–Crippen MR) is 97.5 cm³/mol. The summed E-state index contributed by atoms with van der Waals surface area (Å²) in [5.74, 6) is 0.755. The highest BCUT2D eigenvalue weighted by Crippen LogP contribution is 2.35. The van der Waals surface area contributed by atoms with Crippen LogP contribution in [0, 0.1) is 5.92 Å². The second-order valence-corrected chi connectivity index (χ2v) is 6.89. The first-order chi connectivity index (χ1) is 11.3. The van der Waals surface area contributed by atoms with Gasteiger partial charge in [-0.1, -0.05) is 80.8 Å². The fraction of sp³-hybridized carbons (Fsp3) is 0.455. The van der Waals surface area contributed by atoms with Crippen molar-refractivity contribution in [3.63, 3.8) is 0 Å². The van der Waals surface area contributed by atoms with E-state index < -0.39 is 0 Å². The predicted octanol–water partition coefficient (Wildman–Crippen LogP) is 5.79. The van der Waals surface area contributed by atoms with E-state index in [4.69, 9.17) is 0 Å². The Hall–Kier alpha value is -1.60. The second kappa shape index (κ2) is 7.79. The number of benzene rings is 2. The van der Waals surface area contributed by atoms with Crippen LogP contribution >= 0.6 is 0 Å². The van der Waals surface area contributed by atoms with Gasteiger partial charge in [-0.2, -0.15) is 0 Å². The van der Waals surface area contributed by atoms with E-state index in [2.05, 4.69) is 55.5 Å². The standard InChI is InChI=1S/C22H28O/c1-2-21(22(23)20-11-7-4-8-12-20)19-15-13-18(14-16-19)17-9-5-3-6-10-17/h3,5-6,9-10,13-16,20-23H,2,4,7-8,11-12H2,1H3. The fourth-order valence-corrected chi connectivity index (χ4v) is 4.03. The molecule has 1 aliphatic carbocycles. The molecule has 3 rings (SSSR count). The molecule has 1 heteroatoms. The minimum atomic E-state index is -0.192. The van der Waals surface area contributed by atoms with Crippen molar-refractivity contribution in [3.8, 4) is 11.1 Å². The molecule has 1 aliphatic rings. The summed E-state index contributed by atoms with van der Waals surface area (Å²) >= 11 is 0. The Morgan fingerprint density at radius 3 is 2.09 bits per heavy atom. The summed E-state index contributed by atoms with van der Waals surface area (Å²) in [6.45, 7) is 2.20. The van der Waals surface area contributed by atoms with E-state index in [0.717, 1.165) is 6.42 Å². The first-order valence-corrected chi connectivity index (χ1v) is 9.13.